The van der Waals surface area contributed by atoms with Crippen LogP contribution in [0.5, 0.6) is 5.75 Å². The maximum Gasteiger partial charge on any atom is 0.180 e. The molecule has 1 fully saturated rings. The molecule has 1 aromatic rings. The van der Waals surface area contributed by atoms with Crippen LogP contribution >= 0.6 is 0 Å². The Labute approximate surface area is 109 Å². The van der Waals surface area contributed by atoms with Crippen LogP contribution in [0.1, 0.15) is 56.4 Å². The third kappa shape index (κ3) is 3.09. The number of carbonyl (C=O) groups is 1. The SMILES string of the molecule is CCC(=O)c1ccc(OC2CCCCC2C)cn1. The molecule has 1 aliphatic carbocycles. The summed E-state index contributed by atoms with van der Waals surface area (Å²) in [5, 5.41) is 0. The monoisotopic (exact) mass is 247 g/mol. The molecular weight excluding hydrogens is 226 g/mol. The molecule has 0 bridgehead atoms. The first-order valence-electron chi connectivity index (χ1n) is 6.86. The number of carbonyl (C=O) groups excluding carboxylic acids is 1. The highest BCUT2D eigenvalue weighted by molar-refractivity contribution is 5.93. The van der Waals surface area contributed by atoms with E-state index < -0.39 is 0 Å². The molecule has 0 spiro atoms. The van der Waals surface area contributed by atoms with Crippen molar-refractivity contribution in [3.63, 3.8) is 0 Å². The maximum atomic E-state index is 11.5. The van der Waals surface area contributed by atoms with Gasteiger partial charge >= 0.3 is 0 Å². The van der Waals surface area contributed by atoms with Crippen molar-refractivity contribution in [2.24, 2.45) is 5.92 Å². The van der Waals surface area contributed by atoms with Crippen LogP contribution in [-0.2, 0) is 0 Å². The van der Waals surface area contributed by atoms with E-state index in [9.17, 15) is 4.79 Å². The summed E-state index contributed by atoms with van der Waals surface area (Å²) >= 11 is 0. The van der Waals surface area contributed by atoms with E-state index in [1.807, 2.05) is 13.0 Å². The Kier molecular flexibility index (Phi) is 4.34. The van der Waals surface area contributed by atoms with Gasteiger partial charge in [0.15, 0.2) is 5.78 Å². The fourth-order valence-corrected chi connectivity index (χ4v) is 2.43. The number of ether oxygens (including phenoxy) is 1. The second-order valence-electron chi connectivity index (χ2n) is 5.07. The topological polar surface area (TPSA) is 39.2 Å². The van der Waals surface area contributed by atoms with Gasteiger partial charge in [-0.05, 0) is 37.3 Å². The van der Waals surface area contributed by atoms with Crippen molar-refractivity contribution in [2.75, 3.05) is 0 Å². The first-order valence-corrected chi connectivity index (χ1v) is 6.86. The molecule has 1 aliphatic rings. The molecule has 2 atom stereocenters. The second kappa shape index (κ2) is 5.98. The van der Waals surface area contributed by atoms with Crippen molar-refractivity contribution in [3.8, 4) is 5.75 Å². The molecule has 1 heterocycles. The van der Waals surface area contributed by atoms with E-state index in [0.717, 1.165) is 12.2 Å². The Morgan fingerprint density at radius 2 is 2.17 bits per heavy atom. The largest absolute Gasteiger partial charge is 0.489 e. The van der Waals surface area contributed by atoms with Gasteiger partial charge in [0.25, 0.3) is 0 Å². The van der Waals surface area contributed by atoms with Crippen LogP contribution in [0.2, 0.25) is 0 Å². The van der Waals surface area contributed by atoms with Crippen molar-refractivity contribution >= 4 is 5.78 Å². The molecule has 1 aromatic heterocycles. The maximum absolute atomic E-state index is 11.5. The molecule has 0 aliphatic heterocycles. The number of hydrogen-bond acceptors (Lipinski definition) is 3. The highest BCUT2D eigenvalue weighted by Crippen LogP contribution is 2.27. The molecule has 98 valence electrons. The zero-order chi connectivity index (χ0) is 13.0. The van der Waals surface area contributed by atoms with E-state index in [1.54, 1.807) is 12.3 Å². The first kappa shape index (κ1) is 13.1. The minimum Gasteiger partial charge on any atom is -0.489 e. The lowest BCUT2D eigenvalue weighted by Crippen LogP contribution is -2.28. The number of aromatic nitrogens is 1. The second-order valence-corrected chi connectivity index (χ2v) is 5.07. The smallest absolute Gasteiger partial charge is 0.180 e. The fourth-order valence-electron chi connectivity index (χ4n) is 2.43. The van der Waals surface area contributed by atoms with Crippen LogP contribution in [0.15, 0.2) is 18.3 Å². The van der Waals surface area contributed by atoms with Crippen LogP contribution in [0.4, 0.5) is 0 Å². The molecule has 2 rings (SSSR count). The van der Waals surface area contributed by atoms with E-state index in [0.29, 0.717) is 24.1 Å². The summed E-state index contributed by atoms with van der Waals surface area (Å²) < 4.78 is 5.96. The van der Waals surface area contributed by atoms with Gasteiger partial charge < -0.3 is 4.74 Å². The summed E-state index contributed by atoms with van der Waals surface area (Å²) in [6, 6.07) is 3.62. The standard InChI is InChI=1S/C15H21NO2/c1-3-14(17)13-9-8-12(10-16-13)18-15-7-5-4-6-11(15)2/h8-11,15H,3-7H2,1-2H3. The zero-order valence-corrected chi connectivity index (χ0v) is 11.2. The van der Waals surface area contributed by atoms with E-state index in [-0.39, 0.29) is 5.78 Å². The number of rotatable bonds is 4. The normalized spacial score (nSPS) is 23.7. The van der Waals surface area contributed by atoms with Crippen molar-refractivity contribution < 1.29 is 9.53 Å². The summed E-state index contributed by atoms with van der Waals surface area (Å²) in [4.78, 5) is 15.6. The molecule has 0 saturated heterocycles. The van der Waals surface area contributed by atoms with E-state index in [1.165, 1.54) is 19.3 Å². The van der Waals surface area contributed by atoms with Crippen molar-refractivity contribution in [3.05, 3.63) is 24.0 Å². The molecule has 2 unspecified atom stereocenters. The number of pyridine rings is 1. The number of Topliss-reactive ketones (excluding diaryl/α,β-unsaturated/α-hetero) is 1. The van der Waals surface area contributed by atoms with Crippen LogP contribution in [0, 0.1) is 5.92 Å². The summed E-state index contributed by atoms with van der Waals surface area (Å²) in [6.07, 6.45) is 7.38. The minimum atomic E-state index is 0.0765. The Morgan fingerprint density at radius 3 is 2.78 bits per heavy atom. The lowest BCUT2D eigenvalue weighted by atomic mass is 9.88. The summed E-state index contributed by atoms with van der Waals surface area (Å²) in [5.74, 6) is 1.46. The lowest BCUT2D eigenvalue weighted by Gasteiger charge is -2.29. The van der Waals surface area contributed by atoms with Gasteiger partial charge in [0, 0.05) is 6.42 Å². The molecule has 1 saturated carbocycles. The van der Waals surface area contributed by atoms with E-state index in [2.05, 4.69) is 11.9 Å². The van der Waals surface area contributed by atoms with Crippen molar-refractivity contribution in [1.29, 1.82) is 0 Å². The number of nitrogens with zero attached hydrogens (tertiary/aromatic N) is 1. The van der Waals surface area contributed by atoms with Crippen molar-refractivity contribution in [1.82, 2.24) is 4.98 Å². The van der Waals surface area contributed by atoms with E-state index in [4.69, 9.17) is 4.74 Å². The van der Waals surface area contributed by atoms with Crippen LogP contribution < -0.4 is 4.74 Å². The molecule has 0 aromatic carbocycles. The summed E-state index contributed by atoms with van der Waals surface area (Å²) in [7, 11) is 0. The van der Waals surface area contributed by atoms with Gasteiger partial charge in [0.1, 0.15) is 17.5 Å². The molecule has 0 radical (unpaired) electrons. The fraction of sp³-hybridized carbons (Fsp3) is 0.600. The molecule has 18 heavy (non-hydrogen) atoms. The van der Waals surface area contributed by atoms with Gasteiger partial charge in [0.05, 0.1) is 6.20 Å². The van der Waals surface area contributed by atoms with Crippen LogP contribution in [0.3, 0.4) is 0 Å². The van der Waals surface area contributed by atoms with Gasteiger partial charge in [-0.2, -0.15) is 0 Å². The van der Waals surface area contributed by atoms with Gasteiger partial charge in [-0.25, -0.2) is 4.98 Å². The third-order valence-corrected chi connectivity index (χ3v) is 3.66. The quantitative estimate of drug-likeness (QED) is 0.763. The van der Waals surface area contributed by atoms with E-state index >= 15 is 0 Å². The summed E-state index contributed by atoms with van der Waals surface area (Å²) in [6.45, 7) is 4.09. The number of ketones is 1. The van der Waals surface area contributed by atoms with Crippen molar-refractivity contribution in [2.45, 2.75) is 52.1 Å². The molecule has 0 amide bonds. The Balaban J connectivity index is 1.99. The Bertz CT molecular complexity index is 399. The number of hydrogen-bond donors (Lipinski definition) is 0. The van der Waals surface area contributed by atoms with Crippen LogP contribution in [0.25, 0.3) is 0 Å². The predicted octanol–water partition coefficient (Wildman–Crippen LogP) is 3.63. The zero-order valence-electron chi connectivity index (χ0n) is 11.2. The summed E-state index contributed by atoms with van der Waals surface area (Å²) in [5.41, 5.74) is 0.529. The molecule has 3 heteroatoms. The Morgan fingerprint density at radius 1 is 1.39 bits per heavy atom. The average molecular weight is 247 g/mol. The average Bonchev–Trinajstić information content (AvgIpc) is 2.41. The van der Waals surface area contributed by atoms with Gasteiger partial charge in [-0.1, -0.05) is 20.3 Å². The Hall–Kier alpha value is -1.38. The molecule has 0 N–H and O–H groups in total. The molecular formula is C15H21NO2. The van der Waals surface area contributed by atoms with Gasteiger partial charge in [0.2, 0.25) is 0 Å². The third-order valence-electron chi connectivity index (χ3n) is 3.66. The van der Waals surface area contributed by atoms with Gasteiger partial charge in [-0.3, -0.25) is 4.79 Å². The first-order chi connectivity index (χ1) is 8.70. The predicted molar refractivity (Wildman–Crippen MR) is 70.9 cm³/mol. The highest BCUT2D eigenvalue weighted by atomic mass is 16.5. The van der Waals surface area contributed by atoms with Gasteiger partial charge in [-0.15, -0.1) is 0 Å². The molecule has 3 nitrogen and oxygen atoms in total. The minimum absolute atomic E-state index is 0.0765. The lowest BCUT2D eigenvalue weighted by molar-refractivity contribution is 0.0979. The highest BCUT2D eigenvalue weighted by Gasteiger charge is 2.22. The van der Waals surface area contributed by atoms with Crippen LogP contribution in [-0.4, -0.2) is 16.9 Å².